The van der Waals surface area contributed by atoms with Crippen LogP contribution >= 0.6 is 15.9 Å². The van der Waals surface area contributed by atoms with E-state index in [1.165, 1.54) is 0 Å². The van der Waals surface area contributed by atoms with E-state index in [1.54, 1.807) is 0 Å². The zero-order valence-electron chi connectivity index (χ0n) is 13.2. The summed E-state index contributed by atoms with van der Waals surface area (Å²) < 4.78 is 34.3. The van der Waals surface area contributed by atoms with Gasteiger partial charge in [0.25, 0.3) is 0 Å². The molecule has 0 unspecified atom stereocenters. The highest BCUT2D eigenvalue weighted by molar-refractivity contribution is 9.18. The highest BCUT2D eigenvalue weighted by Crippen LogP contribution is 2.15. The van der Waals surface area contributed by atoms with Gasteiger partial charge in [0.2, 0.25) is 4.69 Å². The molecule has 0 spiro atoms. The van der Waals surface area contributed by atoms with Crippen LogP contribution < -0.4 is 0 Å². The third-order valence-corrected chi connectivity index (χ3v) is 2.53. The Balaban J connectivity index is 5.22. The molecule has 0 rings (SSSR count). The average Bonchev–Trinajstić information content (AvgIpc) is 2.43. The second kappa shape index (κ2) is 11.8. The van der Waals surface area contributed by atoms with Crippen LogP contribution in [0.3, 0.4) is 0 Å². The van der Waals surface area contributed by atoms with Crippen molar-refractivity contribution in [1.82, 2.24) is 0 Å². The smallest absolute Gasteiger partial charge is 0.229 e. The molecule has 1 N–H and O–H groups in total. The molecular weight excluding hydrogens is 340 g/mol. The van der Waals surface area contributed by atoms with Crippen LogP contribution in [-0.4, -0.2) is 73.3 Å². The molecule has 0 saturated heterocycles. The number of aliphatic hydroxyl groups is 1. The van der Waals surface area contributed by atoms with E-state index in [0.717, 1.165) is 0 Å². The highest BCUT2D eigenvalue weighted by atomic mass is 79.9. The molecule has 0 bridgehead atoms. The summed E-state index contributed by atoms with van der Waals surface area (Å²) in [6.07, 6.45) is -7.75. The summed E-state index contributed by atoms with van der Waals surface area (Å²) in [5.74, 6) is 0. The minimum Gasteiger partial charge on any atom is -0.394 e. The zero-order chi connectivity index (χ0) is 18.0. The monoisotopic (exact) mass is 357 g/mol. The van der Waals surface area contributed by atoms with Crippen molar-refractivity contribution in [2.45, 2.75) is 18.3 Å². The third-order valence-electron chi connectivity index (χ3n) is 2.08. The number of carbonyl (C=O) groups excluding carboxylic acids is 4. The first-order valence-electron chi connectivity index (χ1n) is 6.82. The Hall–Kier alpha value is -1.00. The van der Waals surface area contributed by atoms with Crippen LogP contribution in [0.25, 0.3) is 0 Å². The molecule has 0 aromatic heterocycles. The minimum absolute atomic E-state index is 0.722. The lowest BCUT2D eigenvalue weighted by atomic mass is 10.1. The number of halogens is 1. The fourth-order valence-corrected chi connectivity index (χ4v) is 1.72. The number of aliphatic hydroxyl groups excluding tert-OH is 1. The van der Waals surface area contributed by atoms with E-state index in [1.807, 2.05) is 0 Å². The summed E-state index contributed by atoms with van der Waals surface area (Å²) in [5, 5.41) is 9.29. The van der Waals surface area contributed by atoms with E-state index < -0.39 is 68.2 Å². The lowest BCUT2D eigenvalue weighted by Crippen LogP contribution is -2.48. The Labute approximate surface area is 127 Å². The molecule has 0 heterocycles. The van der Waals surface area contributed by atoms with Crippen LogP contribution in [0.5, 0.6) is 0 Å². The van der Waals surface area contributed by atoms with Gasteiger partial charge in [-0.15, -0.1) is 0 Å². The summed E-state index contributed by atoms with van der Waals surface area (Å²) >= 11 is 2.59. The Morgan fingerprint density at radius 1 is 1.10 bits per heavy atom. The van der Waals surface area contributed by atoms with Gasteiger partial charge in [0.05, 0.1) is 6.61 Å². The van der Waals surface area contributed by atoms with E-state index in [9.17, 15) is 24.3 Å². The lowest BCUT2D eigenvalue weighted by molar-refractivity contribution is -0.161. The number of ether oxygens (including phenoxy) is 3. The quantitative estimate of drug-likeness (QED) is 0.317. The first-order valence-corrected chi connectivity index (χ1v) is 6.11. The van der Waals surface area contributed by atoms with Gasteiger partial charge in [-0.2, -0.15) is 0 Å². The molecule has 114 valence electrons. The normalized spacial score (nSPS) is 17.2. The summed E-state index contributed by atoms with van der Waals surface area (Å²) in [4.78, 5) is 43.6. The van der Waals surface area contributed by atoms with Crippen LogP contribution in [0.2, 0.25) is 0 Å². The van der Waals surface area contributed by atoms with Crippen LogP contribution in [0.4, 0.5) is 0 Å². The minimum atomic E-state index is -1.55. The van der Waals surface area contributed by atoms with Gasteiger partial charge < -0.3 is 33.7 Å². The second-order valence-electron chi connectivity index (χ2n) is 3.28. The van der Waals surface area contributed by atoms with Gasteiger partial charge in [-0.05, 0) is 15.9 Å². The Kier molecular flexibility index (Phi) is 8.23. The van der Waals surface area contributed by atoms with Gasteiger partial charge in [-0.3, -0.25) is 4.79 Å². The van der Waals surface area contributed by atoms with Gasteiger partial charge in [0, 0.05) is 0 Å². The standard InChI is InChI=1S/C11H15BrO8/c12-11(17)10(20-6-3-15)9(19-5-2-14)8(7-16)18-4-1-13/h1-3,8-10,16H,4-7H2/t8-,9-,10+/m1/s1/i1D,2D,3D. The first kappa shape index (κ1) is 14.0. The van der Waals surface area contributed by atoms with Crippen molar-refractivity contribution >= 4 is 39.4 Å². The molecule has 0 amide bonds. The number of hydrogen-bond acceptors (Lipinski definition) is 8. The first-order chi connectivity index (χ1) is 10.7. The summed E-state index contributed by atoms with van der Waals surface area (Å²) in [5.41, 5.74) is 0. The number of carbonyl (C=O) groups is 4. The maximum absolute atomic E-state index is 11.6. The van der Waals surface area contributed by atoms with Gasteiger partial charge in [0.15, 0.2) is 6.10 Å². The SMILES string of the molecule is [2H]C(=O)CO[C@@H]([C@H](OCC([2H])=O)C(=O)Br)[C@@H](CO)OCC([2H])=O. The van der Waals surface area contributed by atoms with Crippen LogP contribution in [-0.2, 0) is 33.4 Å². The molecule has 8 nitrogen and oxygen atoms in total. The Morgan fingerprint density at radius 2 is 1.60 bits per heavy atom. The molecule has 0 fully saturated rings. The Morgan fingerprint density at radius 3 is 2.05 bits per heavy atom. The van der Waals surface area contributed by atoms with Crippen molar-refractivity contribution in [1.29, 1.82) is 0 Å². The summed E-state index contributed by atoms with van der Waals surface area (Å²) in [6, 6.07) is 0. The predicted octanol–water partition coefficient (Wildman–Crippen LogP) is -1.35. The second-order valence-corrected chi connectivity index (χ2v) is 4.06. The molecule has 0 radical (unpaired) electrons. The average molecular weight is 358 g/mol. The van der Waals surface area contributed by atoms with Crippen molar-refractivity contribution in [2.24, 2.45) is 0 Å². The highest BCUT2D eigenvalue weighted by Gasteiger charge is 2.35. The molecule has 20 heavy (non-hydrogen) atoms. The fourth-order valence-electron chi connectivity index (χ4n) is 1.33. The van der Waals surface area contributed by atoms with Crippen LogP contribution in [0, 0.1) is 0 Å². The van der Waals surface area contributed by atoms with Crippen molar-refractivity contribution < 1.29 is 42.6 Å². The lowest BCUT2D eigenvalue weighted by Gasteiger charge is -2.29. The van der Waals surface area contributed by atoms with Crippen molar-refractivity contribution in [3.8, 4) is 0 Å². The van der Waals surface area contributed by atoms with Crippen LogP contribution in [0.1, 0.15) is 4.11 Å². The van der Waals surface area contributed by atoms with Gasteiger partial charge in [-0.1, -0.05) is 0 Å². The van der Waals surface area contributed by atoms with Crippen LogP contribution in [0.15, 0.2) is 0 Å². The molecule has 0 aromatic rings. The van der Waals surface area contributed by atoms with Crippen molar-refractivity contribution in [3.63, 3.8) is 0 Å². The molecule has 0 aliphatic carbocycles. The molecule has 0 saturated carbocycles. The van der Waals surface area contributed by atoms with Gasteiger partial charge >= 0.3 is 0 Å². The number of hydrogen-bond donors (Lipinski definition) is 1. The molecule has 0 aliphatic rings. The van der Waals surface area contributed by atoms with E-state index in [0.29, 0.717) is 0 Å². The molecule has 9 heteroatoms. The Bertz CT molecular complexity index is 447. The maximum atomic E-state index is 11.6. The van der Waals surface area contributed by atoms with Crippen molar-refractivity contribution in [3.05, 3.63) is 0 Å². The van der Waals surface area contributed by atoms with E-state index in [-0.39, 0.29) is 0 Å². The van der Waals surface area contributed by atoms with E-state index in [4.69, 9.17) is 18.3 Å². The molecule has 0 aromatic carbocycles. The molecule has 0 aliphatic heterocycles. The van der Waals surface area contributed by atoms with E-state index >= 15 is 0 Å². The van der Waals surface area contributed by atoms with Gasteiger partial charge in [-0.25, -0.2) is 0 Å². The topological polar surface area (TPSA) is 116 Å². The number of rotatable bonds is 13. The van der Waals surface area contributed by atoms with Crippen molar-refractivity contribution in [2.75, 3.05) is 26.4 Å². The summed E-state index contributed by atoms with van der Waals surface area (Å²) in [6.45, 7) is -3.03. The van der Waals surface area contributed by atoms with E-state index in [2.05, 4.69) is 15.9 Å². The number of aldehydes is 3. The molecular formula is C11H15BrO8. The fraction of sp³-hybridized carbons (Fsp3) is 0.636. The third kappa shape index (κ3) is 6.96. The van der Waals surface area contributed by atoms with Gasteiger partial charge in [0.1, 0.15) is 54.9 Å². The predicted molar refractivity (Wildman–Crippen MR) is 68.4 cm³/mol. The summed E-state index contributed by atoms with van der Waals surface area (Å²) in [7, 11) is 0. The molecule has 3 atom stereocenters. The maximum Gasteiger partial charge on any atom is 0.229 e. The largest absolute Gasteiger partial charge is 0.394 e. The zero-order valence-corrected chi connectivity index (χ0v) is 11.8.